The molecule has 0 saturated heterocycles. The summed E-state index contributed by atoms with van der Waals surface area (Å²) in [5.41, 5.74) is 9.63. The van der Waals surface area contributed by atoms with Gasteiger partial charge in [-0.15, -0.1) is 30.6 Å². The molecule has 3 aliphatic carbocycles. The highest BCUT2D eigenvalue weighted by Crippen LogP contribution is 2.42. The molecule has 0 amide bonds. The minimum absolute atomic E-state index is 0.00318. The van der Waals surface area contributed by atoms with Gasteiger partial charge in [-0.3, -0.25) is 24.0 Å². The summed E-state index contributed by atoms with van der Waals surface area (Å²) in [5, 5.41) is 55.2. The van der Waals surface area contributed by atoms with Gasteiger partial charge in [0.2, 0.25) is 15.4 Å². The first kappa shape index (κ1) is 57.8. The van der Waals surface area contributed by atoms with Gasteiger partial charge in [0.05, 0.1) is 51.8 Å². The summed E-state index contributed by atoms with van der Waals surface area (Å²) < 4.78 is 11.4. The summed E-state index contributed by atoms with van der Waals surface area (Å²) in [6.07, 6.45) is 29.6. The quantitative estimate of drug-likeness (QED) is 0.0855. The van der Waals surface area contributed by atoms with E-state index in [1.54, 1.807) is 66.6 Å². The minimum Gasteiger partial charge on any atom is -0.488 e. The molecule has 3 N–H and O–H groups in total. The lowest BCUT2D eigenvalue weighted by molar-refractivity contribution is 0.246. The van der Waals surface area contributed by atoms with E-state index in [0.29, 0.717) is 62.2 Å². The first-order valence-electron chi connectivity index (χ1n) is 29.1. The van der Waals surface area contributed by atoms with Crippen LogP contribution in [0.4, 0.5) is 32.8 Å². The van der Waals surface area contributed by atoms with E-state index in [1.165, 1.54) is 77.0 Å². The van der Waals surface area contributed by atoms with Crippen LogP contribution in [0.15, 0.2) is 92.0 Å². The van der Waals surface area contributed by atoms with Gasteiger partial charge < -0.3 is 20.7 Å². The van der Waals surface area contributed by atoms with Gasteiger partial charge in [0.25, 0.3) is 0 Å². The Kier molecular flexibility index (Phi) is 17.0. The highest BCUT2D eigenvalue weighted by atomic mass is 35.5. The lowest BCUT2D eigenvalue weighted by Gasteiger charge is -2.15. The number of fused-ring (bicyclic) bond motifs is 3. The third kappa shape index (κ3) is 13.2. The van der Waals surface area contributed by atoms with E-state index < -0.39 is 0 Å². The molecule has 0 aliphatic heterocycles. The number of halogens is 2. The first-order chi connectivity index (χ1) is 42.4. The van der Waals surface area contributed by atoms with Gasteiger partial charge in [-0.25, -0.2) is 19.9 Å². The summed E-state index contributed by atoms with van der Waals surface area (Å²) in [4.78, 5) is 27.8. The van der Waals surface area contributed by atoms with Crippen molar-refractivity contribution in [3.05, 3.63) is 117 Å². The first-order valence-corrected chi connectivity index (χ1v) is 32.3. The minimum atomic E-state index is -0.00318. The lowest BCUT2D eigenvalue weighted by atomic mass is 10.1. The molecule has 27 heteroatoms. The van der Waals surface area contributed by atoms with Crippen molar-refractivity contribution in [1.29, 1.82) is 0 Å². The van der Waals surface area contributed by atoms with Crippen LogP contribution in [0.5, 0.6) is 5.75 Å². The number of ether oxygens (including phenoxy) is 1. The number of anilines is 6. The molecule has 12 aromatic heterocycles. The number of hydrogen-bond donors (Lipinski definition) is 3. The summed E-state index contributed by atoms with van der Waals surface area (Å²) in [6, 6.07) is 13.4. The Bertz CT molecular complexity index is 4340. The van der Waals surface area contributed by atoms with Crippen molar-refractivity contribution in [2.24, 2.45) is 21.1 Å². The average Bonchev–Trinajstić information content (AvgIpc) is 2.73. The lowest BCUT2D eigenvalue weighted by Crippen LogP contribution is -2.08. The largest absolute Gasteiger partial charge is 0.488 e. The topological polar surface area (TPSA) is 253 Å². The fraction of sp³-hybridized carbons (Fsp3) is 0.350. The summed E-state index contributed by atoms with van der Waals surface area (Å²) in [5.74, 6) is 4.46. The molecule has 15 rings (SSSR count). The molecule has 12 heterocycles. The smallest absolute Gasteiger partial charge is 0.211 e. The van der Waals surface area contributed by atoms with Gasteiger partial charge >= 0.3 is 0 Å². The van der Waals surface area contributed by atoms with E-state index in [2.05, 4.69) is 81.8 Å². The second-order valence-corrected chi connectivity index (χ2v) is 26.0. The Morgan fingerprint density at radius 1 is 0.471 bits per heavy atom. The summed E-state index contributed by atoms with van der Waals surface area (Å²) in [6.45, 7) is 4.01. The molecule has 3 fully saturated rings. The second-order valence-electron chi connectivity index (χ2n) is 22.2. The fourth-order valence-corrected chi connectivity index (χ4v) is 14.5. The summed E-state index contributed by atoms with van der Waals surface area (Å²) >= 11 is 17.9. The van der Waals surface area contributed by atoms with Crippen molar-refractivity contribution in [2.45, 2.75) is 115 Å². The number of aromatic nitrogens is 18. The van der Waals surface area contributed by atoms with Crippen LogP contribution in [-0.2, 0) is 21.1 Å². The van der Waals surface area contributed by atoms with Gasteiger partial charge in [0.1, 0.15) is 48.7 Å². The average molecular weight is 1260 g/mol. The van der Waals surface area contributed by atoms with E-state index in [-0.39, 0.29) is 6.10 Å². The van der Waals surface area contributed by atoms with E-state index in [9.17, 15) is 0 Å². The molecule has 22 nitrogen and oxygen atoms in total. The molecule has 3 aliphatic rings. The highest BCUT2D eigenvalue weighted by Gasteiger charge is 2.25. The molecule has 0 unspecified atom stereocenters. The maximum absolute atomic E-state index is 6.66. The van der Waals surface area contributed by atoms with Crippen LogP contribution >= 0.6 is 57.2 Å². The van der Waals surface area contributed by atoms with Crippen LogP contribution in [0.2, 0.25) is 10.2 Å². The SMILES string of the molecule is CC(C)Oc1c(-c2cnn(C)c2)cnc2ccc(Nc3nnc(C4CCCC4)s3)nc12.Cn1cc(-c2cc3nc(Nc4nnc(C5CCCC5)s4)ccc3nc2Cl)cn1.Cn1cc(-c2cnc3ccc(Nc4nnc(C5CCCC5)s4)nc3c2Cl)cn1. The van der Waals surface area contributed by atoms with E-state index >= 15 is 0 Å². The third-order valence-corrected chi connectivity index (χ3v) is 19.2. The van der Waals surface area contributed by atoms with Crippen molar-refractivity contribution in [2.75, 3.05) is 16.0 Å². The van der Waals surface area contributed by atoms with Gasteiger partial charge in [-0.05, 0) is 94.8 Å². The number of nitrogens with zero attached hydrogens (tertiary/aromatic N) is 18. The number of pyridine rings is 6. The Morgan fingerprint density at radius 2 is 0.885 bits per heavy atom. The normalized spacial score (nSPS) is 14.7. The molecular weight excluding hydrogens is 1200 g/mol. The van der Waals surface area contributed by atoms with Gasteiger partial charge in [-0.1, -0.05) is 95.7 Å². The van der Waals surface area contributed by atoms with Crippen LogP contribution in [0, 0.1) is 0 Å². The number of hydrogen-bond acceptors (Lipinski definition) is 22. The second kappa shape index (κ2) is 25.6. The Hall–Kier alpha value is -8.23. The molecule has 87 heavy (non-hydrogen) atoms. The maximum Gasteiger partial charge on any atom is 0.211 e. The van der Waals surface area contributed by atoms with Crippen LogP contribution in [0.3, 0.4) is 0 Å². The van der Waals surface area contributed by atoms with Gasteiger partial charge in [-0.2, -0.15) is 15.3 Å². The van der Waals surface area contributed by atoms with E-state index in [0.717, 1.165) is 85.9 Å². The van der Waals surface area contributed by atoms with Crippen molar-refractivity contribution in [1.82, 2.24) is 89.8 Å². The van der Waals surface area contributed by atoms with Crippen LogP contribution in [0.25, 0.3) is 66.5 Å². The van der Waals surface area contributed by atoms with Gasteiger partial charge in [0, 0.05) is 103 Å². The molecule has 0 radical (unpaired) electrons. The maximum atomic E-state index is 6.66. The van der Waals surface area contributed by atoms with E-state index in [4.69, 9.17) is 37.9 Å². The Balaban J connectivity index is 0.000000121. The monoisotopic (exact) mass is 1260 g/mol. The van der Waals surface area contributed by atoms with Crippen LogP contribution < -0.4 is 20.7 Å². The third-order valence-electron chi connectivity index (χ3n) is 15.5. The zero-order chi connectivity index (χ0) is 59.5. The molecular formula is C60H61Cl2N21OS3. The van der Waals surface area contributed by atoms with Crippen LogP contribution in [-0.4, -0.2) is 95.9 Å². The summed E-state index contributed by atoms with van der Waals surface area (Å²) in [7, 11) is 5.63. The van der Waals surface area contributed by atoms with Crippen molar-refractivity contribution < 1.29 is 4.74 Å². The Labute approximate surface area is 522 Å². The molecule has 0 aromatic carbocycles. The number of aryl methyl sites for hydroxylation is 3. The zero-order valence-corrected chi connectivity index (χ0v) is 52.4. The van der Waals surface area contributed by atoms with Crippen molar-refractivity contribution in [3.63, 3.8) is 0 Å². The van der Waals surface area contributed by atoms with E-state index in [1.807, 2.05) is 108 Å². The number of nitrogens with one attached hydrogen (secondary N) is 3. The molecule has 444 valence electrons. The zero-order valence-electron chi connectivity index (χ0n) is 48.4. The van der Waals surface area contributed by atoms with Crippen molar-refractivity contribution >= 4 is 123 Å². The highest BCUT2D eigenvalue weighted by molar-refractivity contribution is 7.16. The van der Waals surface area contributed by atoms with Crippen LogP contribution in [0.1, 0.15) is 124 Å². The predicted octanol–water partition coefficient (Wildman–Crippen LogP) is 14.9. The molecule has 3 saturated carbocycles. The molecule has 0 bridgehead atoms. The number of rotatable bonds is 14. The van der Waals surface area contributed by atoms with Crippen molar-refractivity contribution in [3.8, 4) is 39.1 Å². The Morgan fingerprint density at radius 3 is 1.34 bits per heavy atom. The molecule has 0 spiro atoms. The van der Waals surface area contributed by atoms with Gasteiger partial charge in [0.15, 0.2) is 5.75 Å². The predicted molar refractivity (Wildman–Crippen MR) is 344 cm³/mol. The molecule has 0 atom stereocenters. The molecule has 12 aromatic rings. The standard InChI is InChI=1S/C22H25N7OS.2C19H18ClN7S/c1-13(2)30-20-16(15-10-24-29(3)12-15)11-23-17-8-9-18(25-19(17)20)26-22-28-27-21(31-22)14-6-4-5-7-14;1-27-10-12(9-21-27)13-8-15-14(23-17(13)20)6-7-16(22-15)24-19-26-25-18(28-19)11-4-2-3-5-11;1-27-10-12(8-22-27)13-9-21-14-6-7-15(23-17(14)16(13)20)24-19-26-25-18(28-19)11-4-2-3-5-11/h8-14H,4-7H2,1-3H3,(H,25,26,28);6-11H,2-5H2,1H3,(H,22,24,26);6-11H,2-5H2,1H3,(H,23,24,26). The fourth-order valence-electron chi connectivity index (χ4n) is 11.2.